The summed E-state index contributed by atoms with van der Waals surface area (Å²) < 4.78 is 11.4. The first-order valence-corrected chi connectivity index (χ1v) is 9.14. The number of amides is 1. The first-order chi connectivity index (χ1) is 13.4. The molecular weight excluding hydrogens is 360 g/mol. The summed E-state index contributed by atoms with van der Waals surface area (Å²) in [5.41, 5.74) is 1.65. The number of esters is 2. The molecule has 0 radical (unpaired) electrons. The summed E-state index contributed by atoms with van der Waals surface area (Å²) in [7, 11) is 2.48. The third kappa shape index (κ3) is 3.93. The van der Waals surface area contributed by atoms with Crippen molar-refractivity contribution in [1.29, 1.82) is 0 Å². The quantitative estimate of drug-likeness (QED) is 0.684. The van der Waals surface area contributed by atoms with Gasteiger partial charge in [0.25, 0.3) is 5.91 Å². The Morgan fingerprint density at radius 3 is 2.00 bits per heavy atom. The van der Waals surface area contributed by atoms with Crippen LogP contribution in [-0.4, -0.2) is 54.6 Å². The third-order valence-corrected chi connectivity index (χ3v) is 4.71. The second-order valence-electron chi connectivity index (χ2n) is 6.23. The summed E-state index contributed by atoms with van der Waals surface area (Å²) in [6.07, 6.45) is 0. The molecule has 0 N–H and O–H groups in total. The predicted octanol–water partition coefficient (Wildman–Crippen LogP) is 2.90. The van der Waals surface area contributed by atoms with Crippen molar-refractivity contribution < 1.29 is 23.9 Å². The second-order valence-corrected chi connectivity index (χ2v) is 6.23. The van der Waals surface area contributed by atoms with E-state index in [0.717, 1.165) is 5.56 Å². The maximum absolute atomic E-state index is 13.2. The maximum atomic E-state index is 13.2. The minimum atomic E-state index is -0.696. The Labute approximate surface area is 164 Å². The van der Waals surface area contributed by atoms with E-state index >= 15 is 0 Å². The van der Waals surface area contributed by atoms with Crippen LogP contribution in [0.15, 0.2) is 30.3 Å². The molecule has 0 spiro atoms. The Balaban J connectivity index is 2.80. The number of carbonyl (C=O) groups excluding carboxylic acids is 3. The molecule has 0 unspecified atom stereocenters. The molecule has 28 heavy (non-hydrogen) atoms. The van der Waals surface area contributed by atoms with Crippen LogP contribution < -0.4 is 0 Å². The van der Waals surface area contributed by atoms with Gasteiger partial charge in [-0.05, 0) is 31.9 Å². The number of hydrogen-bond acceptors (Lipinski definition) is 5. The van der Waals surface area contributed by atoms with Gasteiger partial charge in [-0.2, -0.15) is 0 Å². The number of benzene rings is 1. The van der Waals surface area contributed by atoms with Crippen LogP contribution in [0.5, 0.6) is 0 Å². The Hall–Kier alpha value is -3.09. The molecule has 0 saturated heterocycles. The van der Waals surface area contributed by atoms with Crippen LogP contribution in [0.3, 0.4) is 0 Å². The summed E-state index contributed by atoms with van der Waals surface area (Å²) in [5, 5.41) is 0. The molecule has 0 bridgehead atoms. The van der Waals surface area contributed by atoms with Gasteiger partial charge in [0.2, 0.25) is 0 Å². The van der Waals surface area contributed by atoms with Crippen molar-refractivity contribution in [3.63, 3.8) is 0 Å². The van der Waals surface area contributed by atoms with Gasteiger partial charge in [0, 0.05) is 19.6 Å². The lowest BCUT2D eigenvalue weighted by atomic mass is 10.1. The Morgan fingerprint density at radius 2 is 1.50 bits per heavy atom. The summed E-state index contributed by atoms with van der Waals surface area (Å²) in [4.78, 5) is 39.9. The molecule has 1 amide bonds. The highest BCUT2D eigenvalue weighted by Crippen LogP contribution is 2.27. The van der Waals surface area contributed by atoms with Gasteiger partial charge in [-0.1, -0.05) is 30.3 Å². The van der Waals surface area contributed by atoms with E-state index in [1.807, 2.05) is 44.2 Å². The molecular formula is C21H26N2O5. The zero-order valence-electron chi connectivity index (χ0n) is 16.9. The van der Waals surface area contributed by atoms with E-state index in [9.17, 15) is 14.4 Å². The smallest absolute Gasteiger partial charge is 0.355 e. The average Bonchev–Trinajstić information content (AvgIpc) is 3.00. The molecule has 0 saturated carbocycles. The molecule has 2 aromatic rings. The van der Waals surface area contributed by atoms with Gasteiger partial charge in [-0.25, -0.2) is 9.59 Å². The topological polar surface area (TPSA) is 77.8 Å². The van der Waals surface area contributed by atoms with E-state index in [1.165, 1.54) is 14.2 Å². The lowest BCUT2D eigenvalue weighted by molar-refractivity contribution is 0.0546. The lowest BCUT2D eigenvalue weighted by Gasteiger charge is -2.21. The third-order valence-electron chi connectivity index (χ3n) is 4.71. The first-order valence-electron chi connectivity index (χ1n) is 9.14. The van der Waals surface area contributed by atoms with Crippen molar-refractivity contribution in [3.8, 4) is 0 Å². The van der Waals surface area contributed by atoms with E-state index in [0.29, 0.717) is 18.7 Å². The maximum Gasteiger partial charge on any atom is 0.355 e. The molecule has 0 aliphatic carbocycles. The molecule has 7 heteroatoms. The Bertz CT molecular complexity index is 867. The minimum Gasteiger partial charge on any atom is -0.465 e. The normalized spacial score (nSPS) is 10.5. The van der Waals surface area contributed by atoms with Crippen molar-refractivity contribution in [2.24, 2.45) is 0 Å². The van der Waals surface area contributed by atoms with E-state index in [1.54, 1.807) is 16.4 Å². The van der Waals surface area contributed by atoms with Crippen LogP contribution in [0.1, 0.15) is 56.3 Å². The summed E-state index contributed by atoms with van der Waals surface area (Å²) in [6, 6.07) is 9.40. The number of methoxy groups -OCH3 is 2. The minimum absolute atomic E-state index is 0.0196. The highest BCUT2D eigenvalue weighted by molar-refractivity contribution is 6.08. The fraction of sp³-hybridized carbons (Fsp3) is 0.381. The standard InChI is InChI=1S/C21H26N2O5/c1-6-22(7-2)19(24)17-14(3)16(20(25)27-4)18(21(26)28-5)23(17)13-15-11-9-8-10-12-15/h8-12H,6-7,13H2,1-5H3. The van der Waals surface area contributed by atoms with Crippen LogP contribution in [0, 0.1) is 6.92 Å². The number of rotatable bonds is 7. The predicted molar refractivity (Wildman–Crippen MR) is 105 cm³/mol. The molecule has 150 valence electrons. The van der Waals surface area contributed by atoms with Gasteiger partial charge in [0.05, 0.1) is 19.8 Å². The van der Waals surface area contributed by atoms with Crippen LogP contribution in [0.4, 0.5) is 0 Å². The number of hydrogen-bond donors (Lipinski definition) is 0. The molecule has 0 fully saturated rings. The van der Waals surface area contributed by atoms with Gasteiger partial charge in [-0.15, -0.1) is 0 Å². The number of nitrogens with zero attached hydrogens (tertiary/aromatic N) is 2. The van der Waals surface area contributed by atoms with Gasteiger partial charge in [0.15, 0.2) is 0 Å². The van der Waals surface area contributed by atoms with Crippen LogP contribution >= 0.6 is 0 Å². The molecule has 0 aliphatic rings. The fourth-order valence-electron chi connectivity index (χ4n) is 3.27. The monoisotopic (exact) mass is 386 g/mol. The van der Waals surface area contributed by atoms with Crippen molar-refractivity contribution in [1.82, 2.24) is 9.47 Å². The molecule has 1 heterocycles. The second kappa shape index (κ2) is 9.21. The zero-order valence-corrected chi connectivity index (χ0v) is 16.9. The van der Waals surface area contributed by atoms with E-state index < -0.39 is 11.9 Å². The summed E-state index contributed by atoms with van der Waals surface area (Å²) in [5.74, 6) is -1.63. The summed E-state index contributed by atoms with van der Waals surface area (Å²) in [6.45, 7) is 6.66. The van der Waals surface area contributed by atoms with Gasteiger partial charge < -0.3 is 18.9 Å². The molecule has 0 atom stereocenters. The number of aromatic nitrogens is 1. The largest absolute Gasteiger partial charge is 0.465 e. The van der Waals surface area contributed by atoms with E-state index in [2.05, 4.69) is 0 Å². The summed E-state index contributed by atoms with van der Waals surface area (Å²) >= 11 is 0. The molecule has 7 nitrogen and oxygen atoms in total. The van der Waals surface area contributed by atoms with Crippen LogP contribution in [0.2, 0.25) is 0 Å². The number of ether oxygens (including phenoxy) is 2. The number of carbonyl (C=O) groups is 3. The van der Waals surface area contributed by atoms with Crippen molar-refractivity contribution >= 4 is 17.8 Å². The molecule has 1 aromatic carbocycles. The molecule has 1 aromatic heterocycles. The average molecular weight is 386 g/mol. The van der Waals surface area contributed by atoms with Crippen molar-refractivity contribution in [2.45, 2.75) is 27.3 Å². The highest BCUT2D eigenvalue weighted by Gasteiger charge is 2.34. The Morgan fingerprint density at radius 1 is 0.929 bits per heavy atom. The molecule has 0 aliphatic heterocycles. The van der Waals surface area contributed by atoms with Crippen LogP contribution in [0.25, 0.3) is 0 Å². The SMILES string of the molecule is CCN(CC)C(=O)c1c(C)c(C(=O)OC)c(C(=O)OC)n1Cc1ccccc1. The van der Waals surface area contributed by atoms with Gasteiger partial charge in [-0.3, -0.25) is 4.79 Å². The highest BCUT2D eigenvalue weighted by atomic mass is 16.5. The van der Waals surface area contributed by atoms with Crippen LogP contribution in [-0.2, 0) is 16.0 Å². The van der Waals surface area contributed by atoms with E-state index in [-0.39, 0.29) is 29.4 Å². The molecule has 2 rings (SSSR count). The first kappa shape index (κ1) is 21.2. The van der Waals surface area contributed by atoms with E-state index in [4.69, 9.17) is 9.47 Å². The van der Waals surface area contributed by atoms with Gasteiger partial charge in [0.1, 0.15) is 11.4 Å². The van der Waals surface area contributed by atoms with Crippen molar-refractivity contribution in [2.75, 3.05) is 27.3 Å². The zero-order chi connectivity index (χ0) is 20.8. The van der Waals surface area contributed by atoms with Gasteiger partial charge >= 0.3 is 11.9 Å². The fourth-order valence-corrected chi connectivity index (χ4v) is 3.27. The van der Waals surface area contributed by atoms with Crippen molar-refractivity contribution in [3.05, 3.63) is 58.4 Å². The Kier molecular flexibility index (Phi) is 6.98. The lowest BCUT2D eigenvalue weighted by Crippen LogP contribution is -2.33.